The van der Waals surface area contributed by atoms with Crippen LogP contribution in [0.5, 0.6) is 5.75 Å². The number of thioether (sulfide) groups is 1. The molecule has 1 heterocycles. The zero-order valence-corrected chi connectivity index (χ0v) is 16.4. The standard InChI is InChI=1S/C19H18ClN3O3S/c1-12-7-9-14(10-8-12)21-18(24)13(2)27-19-23-22-17(26-19)11-25-16-6-4-3-5-15(16)20/h3-10,13H,11H2,1-2H3,(H,21,24)/t13-/m1/s1. The first-order chi connectivity index (χ1) is 13.0. The number of hydrogen-bond donors (Lipinski definition) is 1. The number of anilines is 1. The lowest BCUT2D eigenvalue weighted by Gasteiger charge is -2.10. The highest BCUT2D eigenvalue weighted by molar-refractivity contribution is 8.00. The summed E-state index contributed by atoms with van der Waals surface area (Å²) in [6, 6.07) is 14.7. The minimum absolute atomic E-state index is 0.0984. The molecule has 0 spiro atoms. The quantitative estimate of drug-likeness (QED) is 0.574. The van der Waals surface area contributed by atoms with Gasteiger partial charge in [-0.25, -0.2) is 0 Å². The third-order valence-electron chi connectivity index (χ3n) is 3.60. The number of aromatic nitrogens is 2. The van der Waals surface area contributed by atoms with E-state index in [1.54, 1.807) is 19.1 Å². The van der Waals surface area contributed by atoms with Gasteiger partial charge in [-0.2, -0.15) is 0 Å². The molecule has 0 saturated carbocycles. The Morgan fingerprint density at radius 3 is 2.70 bits per heavy atom. The number of aryl methyl sites for hydroxylation is 1. The summed E-state index contributed by atoms with van der Waals surface area (Å²) >= 11 is 7.22. The molecule has 1 aromatic heterocycles. The van der Waals surface area contributed by atoms with Gasteiger partial charge in [0.2, 0.25) is 5.91 Å². The van der Waals surface area contributed by atoms with Crippen LogP contribution in [0.4, 0.5) is 5.69 Å². The molecule has 1 N–H and O–H groups in total. The molecule has 0 unspecified atom stereocenters. The number of nitrogens with zero attached hydrogens (tertiary/aromatic N) is 2. The molecule has 2 aromatic carbocycles. The number of rotatable bonds is 7. The van der Waals surface area contributed by atoms with Gasteiger partial charge in [-0.1, -0.05) is 53.2 Å². The molecular formula is C19H18ClN3O3S. The summed E-state index contributed by atoms with van der Waals surface area (Å²) in [5, 5.41) is 11.1. The van der Waals surface area contributed by atoms with E-state index in [0.29, 0.717) is 21.9 Å². The van der Waals surface area contributed by atoms with E-state index in [1.807, 2.05) is 43.3 Å². The van der Waals surface area contributed by atoms with Crippen LogP contribution in [0, 0.1) is 6.92 Å². The lowest BCUT2D eigenvalue weighted by atomic mass is 10.2. The summed E-state index contributed by atoms with van der Waals surface area (Å²) in [6.45, 7) is 3.87. The Hall–Kier alpha value is -2.51. The van der Waals surface area contributed by atoms with Crippen molar-refractivity contribution >= 4 is 35.0 Å². The van der Waals surface area contributed by atoms with Crippen molar-refractivity contribution in [2.24, 2.45) is 0 Å². The fourth-order valence-electron chi connectivity index (χ4n) is 2.13. The van der Waals surface area contributed by atoms with Crippen molar-refractivity contribution in [1.82, 2.24) is 10.2 Å². The summed E-state index contributed by atoms with van der Waals surface area (Å²) in [5.74, 6) is 0.705. The van der Waals surface area contributed by atoms with Crippen LogP contribution in [0.2, 0.25) is 5.02 Å². The number of benzene rings is 2. The van der Waals surface area contributed by atoms with E-state index < -0.39 is 5.25 Å². The van der Waals surface area contributed by atoms with E-state index >= 15 is 0 Å². The zero-order chi connectivity index (χ0) is 19.2. The molecule has 0 saturated heterocycles. The lowest BCUT2D eigenvalue weighted by molar-refractivity contribution is -0.115. The highest BCUT2D eigenvalue weighted by Crippen LogP contribution is 2.26. The number of ether oxygens (including phenoxy) is 1. The van der Waals surface area contributed by atoms with Crippen LogP contribution in [-0.2, 0) is 11.4 Å². The molecule has 0 aliphatic heterocycles. The van der Waals surface area contributed by atoms with Gasteiger partial charge >= 0.3 is 0 Å². The van der Waals surface area contributed by atoms with Crippen LogP contribution in [0.15, 0.2) is 58.2 Å². The second-order valence-corrected chi connectivity index (χ2v) is 7.50. The topological polar surface area (TPSA) is 77.2 Å². The van der Waals surface area contributed by atoms with Crippen LogP contribution in [0.3, 0.4) is 0 Å². The number of halogens is 1. The molecule has 0 aliphatic rings. The summed E-state index contributed by atoms with van der Waals surface area (Å²) < 4.78 is 11.1. The maximum Gasteiger partial charge on any atom is 0.277 e. The first-order valence-corrected chi connectivity index (χ1v) is 9.51. The molecule has 1 amide bonds. The monoisotopic (exact) mass is 403 g/mol. The van der Waals surface area contributed by atoms with Gasteiger partial charge in [-0.3, -0.25) is 4.79 Å². The second kappa shape index (κ2) is 8.92. The molecule has 0 bridgehead atoms. The van der Waals surface area contributed by atoms with E-state index in [0.717, 1.165) is 11.3 Å². The van der Waals surface area contributed by atoms with Crippen LogP contribution >= 0.6 is 23.4 Å². The first kappa shape index (κ1) is 19.3. The number of para-hydroxylation sites is 1. The maximum atomic E-state index is 12.3. The second-order valence-electron chi connectivity index (χ2n) is 5.80. The minimum Gasteiger partial charge on any atom is -0.482 e. The van der Waals surface area contributed by atoms with Gasteiger partial charge in [0.05, 0.1) is 10.3 Å². The molecule has 3 aromatic rings. The van der Waals surface area contributed by atoms with E-state index in [4.69, 9.17) is 20.8 Å². The summed E-state index contributed by atoms with van der Waals surface area (Å²) in [4.78, 5) is 12.3. The van der Waals surface area contributed by atoms with Gasteiger partial charge < -0.3 is 14.5 Å². The largest absolute Gasteiger partial charge is 0.482 e. The smallest absolute Gasteiger partial charge is 0.277 e. The molecule has 0 aliphatic carbocycles. The van der Waals surface area contributed by atoms with Gasteiger partial charge in [0, 0.05) is 5.69 Å². The fraction of sp³-hybridized carbons (Fsp3) is 0.211. The predicted octanol–water partition coefficient (Wildman–Crippen LogP) is 4.73. The molecule has 8 heteroatoms. The predicted molar refractivity (Wildman–Crippen MR) is 105 cm³/mol. The fourth-order valence-corrected chi connectivity index (χ4v) is 3.02. The van der Waals surface area contributed by atoms with E-state index in [1.165, 1.54) is 11.8 Å². The van der Waals surface area contributed by atoms with Crippen molar-refractivity contribution in [3.8, 4) is 5.75 Å². The normalized spacial score (nSPS) is 11.8. The highest BCUT2D eigenvalue weighted by Gasteiger charge is 2.18. The maximum absolute atomic E-state index is 12.3. The Morgan fingerprint density at radius 2 is 1.96 bits per heavy atom. The number of carbonyl (C=O) groups is 1. The molecule has 0 fully saturated rings. The average molecular weight is 404 g/mol. The van der Waals surface area contributed by atoms with Crippen molar-refractivity contribution in [3.63, 3.8) is 0 Å². The lowest BCUT2D eigenvalue weighted by Crippen LogP contribution is -2.22. The van der Waals surface area contributed by atoms with E-state index in [9.17, 15) is 4.79 Å². The van der Waals surface area contributed by atoms with Crippen molar-refractivity contribution in [1.29, 1.82) is 0 Å². The van der Waals surface area contributed by atoms with Gasteiger partial charge in [-0.05, 0) is 38.1 Å². The van der Waals surface area contributed by atoms with Crippen molar-refractivity contribution in [2.75, 3.05) is 5.32 Å². The van der Waals surface area contributed by atoms with Crippen LogP contribution in [0.1, 0.15) is 18.4 Å². The van der Waals surface area contributed by atoms with Gasteiger partial charge in [0.25, 0.3) is 11.1 Å². The Kier molecular flexibility index (Phi) is 6.36. The summed E-state index contributed by atoms with van der Waals surface area (Å²) in [5.41, 5.74) is 1.88. The van der Waals surface area contributed by atoms with Gasteiger partial charge in [0.15, 0.2) is 6.61 Å². The number of carbonyl (C=O) groups excluding carboxylic acids is 1. The Balaban J connectivity index is 1.52. The Morgan fingerprint density at radius 1 is 1.22 bits per heavy atom. The number of amides is 1. The van der Waals surface area contributed by atoms with Crippen LogP contribution in [-0.4, -0.2) is 21.4 Å². The van der Waals surface area contributed by atoms with Gasteiger partial charge in [0.1, 0.15) is 5.75 Å². The Labute approximate surface area is 166 Å². The molecule has 6 nitrogen and oxygen atoms in total. The average Bonchev–Trinajstić information content (AvgIpc) is 3.10. The zero-order valence-electron chi connectivity index (χ0n) is 14.8. The molecule has 1 atom stereocenters. The van der Waals surface area contributed by atoms with Crippen molar-refractivity contribution < 1.29 is 13.9 Å². The summed E-state index contributed by atoms with van der Waals surface area (Å²) in [7, 11) is 0. The molecule has 140 valence electrons. The first-order valence-electron chi connectivity index (χ1n) is 8.25. The number of hydrogen-bond acceptors (Lipinski definition) is 6. The van der Waals surface area contributed by atoms with Crippen molar-refractivity contribution in [3.05, 3.63) is 65.0 Å². The van der Waals surface area contributed by atoms with Gasteiger partial charge in [-0.15, -0.1) is 10.2 Å². The minimum atomic E-state index is -0.399. The third kappa shape index (κ3) is 5.48. The van der Waals surface area contributed by atoms with Crippen LogP contribution < -0.4 is 10.1 Å². The highest BCUT2D eigenvalue weighted by atomic mass is 35.5. The molecule has 27 heavy (non-hydrogen) atoms. The van der Waals surface area contributed by atoms with Crippen LogP contribution in [0.25, 0.3) is 0 Å². The molecular weight excluding hydrogens is 386 g/mol. The SMILES string of the molecule is Cc1ccc(NC(=O)[C@@H](C)Sc2nnc(COc3ccccc3Cl)o2)cc1. The van der Waals surface area contributed by atoms with Crippen molar-refractivity contribution in [2.45, 2.75) is 30.9 Å². The Bertz CT molecular complexity index is 915. The number of nitrogens with one attached hydrogen (secondary N) is 1. The van der Waals surface area contributed by atoms with E-state index in [-0.39, 0.29) is 12.5 Å². The molecule has 0 radical (unpaired) electrons. The summed E-state index contributed by atoms with van der Waals surface area (Å²) in [6.07, 6.45) is 0. The third-order valence-corrected chi connectivity index (χ3v) is 4.85. The van der Waals surface area contributed by atoms with E-state index in [2.05, 4.69) is 15.5 Å². The molecule has 3 rings (SSSR count).